The first-order valence-corrected chi connectivity index (χ1v) is 14.5. The van der Waals surface area contributed by atoms with Gasteiger partial charge < -0.3 is 30.9 Å². The Hall–Kier alpha value is -2.88. The third-order valence-corrected chi connectivity index (χ3v) is 7.78. The lowest BCUT2D eigenvalue weighted by atomic mass is 9.99. The van der Waals surface area contributed by atoms with E-state index in [9.17, 15) is 14.4 Å². The van der Waals surface area contributed by atoms with Gasteiger partial charge >= 0.3 is 6.09 Å². The molecule has 39 heavy (non-hydrogen) atoms. The number of rotatable bonds is 13. The number of ether oxygens (including phenoxy) is 1. The number of aromatic nitrogens is 1. The van der Waals surface area contributed by atoms with E-state index in [1.54, 1.807) is 27.0 Å². The molecule has 0 unspecified atom stereocenters. The first kappa shape index (κ1) is 30.7. The Labute approximate surface area is 233 Å². The predicted octanol–water partition coefficient (Wildman–Crippen LogP) is 3.11. The van der Waals surface area contributed by atoms with E-state index in [1.165, 1.54) is 0 Å². The van der Waals surface area contributed by atoms with Gasteiger partial charge in [0.2, 0.25) is 11.8 Å². The smallest absolute Gasteiger partial charge is 0.408 e. The highest BCUT2D eigenvalue weighted by atomic mass is 16.6. The molecule has 1 aliphatic heterocycles. The normalized spacial score (nSPS) is 18.9. The van der Waals surface area contributed by atoms with E-state index in [4.69, 9.17) is 10.5 Å². The van der Waals surface area contributed by atoms with Gasteiger partial charge in [-0.2, -0.15) is 0 Å². The van der Waals surface area contributed by atoms with Crippen molar-refractivity contribution in [1.82, 2.24) is 25.4 Å². The zero-order chi connectivity index (χ0) is 28.6. The van der Waals surface area contributed by atoms with Crippen molar-refractivity contribution in [3.8, 4) is 0 Å². The van der Waals surface area contributed by atoms with Gasteiger partial charge in [-0.15, -0.1) is 0 Å². The summed E-state index contributed by atoms with van der Waals surface area (Å²) in [5.41, 5.74) is 6.34. The van der Waals surface area contributed by atoms with Crippen molar-refractivity contribution in [1.29, 1.82) is 0 Å². The summed E-state index contributed by atoms with van der Waals surface area (Å²) in [6, 6.07) is 3.09. The van der Waals surface area contributed by atoms with Crippen LogP contribution in [0.4, 0.5) is 10.6 Å². The number of anilines is 1. The summed E-state index contributed by atoms with van der Waals surface area (Å²) in [7, 11) is 0. The maximum atomic E-state index is 13.5. The molecule has 1 aliphatic carbocycles. The number of alkyl carbamates (subject to hydrolysis) is 1. The van der Waals surface area contributed by atoms with Crippen LogP contribution in [-0.2, 0) is 20.7 Å². The maximum Gasteiger partial charge on any atom is 0.408 e. The van der Waals surface area contributed by atoms with Gasteiger partial charge in [-0.25, -0.2) is 9.78 Å². The van der Waals surface area contributed by atoms with E-state index >= 15 is 0 Å². The minimum Gasteiger partial charge on any atom is -0.444 e. The van der Waals surface area contributed by atoms with Gasteiger partial charge in [-0.05, 0) is 91.3 Å². The molecule has 4 N–H and O–H groups in total. The number of aryl methyl sites for hydroxylation is 1. The first-order valence-electron chi connectivity index (χ1n) is 14.5. The van der Waals surface area contributed by atoms with E-state index < -0.39 is 17.7 Å². The van der Waals surface area contributed by atoms with E-state index in [1.807, 2.05) is 30.9 Å². The van der Waals surface area contributed by atoms with Crippen molar-refractivity contribution in [3.63, 3.8) is 0 Å². The average Bonchev–Trinajstić information content (AvgIpc) is 3.56. The van der Waals surface area contributed by atoms with Crippen molar-refractivity contribution < 1.29 is 19.1 Å². The van der Waals surface area contributed by atoms with Crippen LogP contribution in [0.2, 0.25) is 0 Å². The zero-order valence-corrected chi connectivity index (χ0v) is 24.4. The van der Waals surface area contributed by atoms with Crippen LogP contribution in [0.3, 0.4) is 0 Å². The van der Waals surface area contributed by atoms with E-state index in [0.717, 1.165) is 57.5 Å². The molecule has 1 saturated heterocycles. The molecule has 3 amide bonds. The van der Waals surface area contributed by atoms with Gasteiger partial charge in [0.1, 0.15) is 17.5 Å². The summed E-state index contributed by atoms with van der Waals surface area (Å²) in [5, 5.41) is 6.06. The van der Waals surface area contributed by atoms with Crippen LogP contribution in [0.15, 0.2) is 18.3 Å². The molecule has 10 nitrogen and oxygen atoms in total. The number of hydrogen-bond donors (Lipinski definition) is 3. The number of pyridine rings is 1. The molecule has 2 fully saturated rings. The third kappa shape index (κ3) is 9.08. The maximum absolute atomic E-state index is 13.5. The Bertz CT molecular complexity index is 986. The van der Waals surface area contributed by atoms with Crippen molar-refractivity contribution in [3.05, 3.63) is 23.9 Å². The quantitative estimate of drug-likeness (QED) is 0.348. The molecular weight excluding hydrogens is 496 g/mol. The Morgan fingerprint density at radius 2 is 1.95 bits per heavy atom. The molecule has 1 saturated carbocycles. The Morgan fingerprint density at radius 3 is 2.56 bits per heavy atom. The molecule has 3 rings (SSSR count). The predicted molar refractivity (Wildman–Crippen MR) is 152 cm³/mol. The zero-order valence-electron chi connectivity index (χ0n) is 24.4. The number of carbonyl (C=O) groups is 3. The van der Waals surface area contributed by atoms with E-state index in [2.05, 4.69) is 20.5 Å². The molecule has 0 radical (unpaired) electrons. The molecule has 2 aliphatic rings. The lowest BCUT2D eigenvalue weighted by Crippen LogP contribution is -2.52. The molecule has 1 spiro atoms. The molecule has 1 aromatic heterocycles. The molecule has 218 valence electrons. The Kier molecular flexibility index (Phi) is 10.6. The molecule has 0 aromatic carbocycles. The first-order chi connectivity index (χ1) is 18.5. The van der Waals surface area contributed by atoms with Crippen LogP contribution in [0.25, 0.3) is 0 Å². The topological polar surface area (TPSA) is 130 Å². The summed E-state index contributed by atoms with van der Waals surface area (Å²) in [4.78, 5) is 46.8. The Morgan fingerprint density at radius 1 is 1.23 bits per heavy atom. The van der Waals surface area contributed by atoms with Crippen LogP contribution in [0, 0.1) is 5.41 Å². The van der Waals surface area contributed by atoms with Crippen LogP contribution < -0.4 is 16.4 Å². The third-order valence-electron chi connectivity index (χ3n) is 7.78. The van der Waals surface area contributed by atoms with Crippen LogP contribution in [0.1, 0.15) is 78.7 Å². The minimum atomic E-state index is -0.714. The molecular formula is C29H48N6O4. The number of nitrogens with zero attached hydrogens (tertiary/aromatic N) is 3. The second-order valence-corrected chi connectivity index (χ2v) is 12.0. The van der Waals surface area contributed by atoms with Gasteiger partial charge in [0.05, 0.1) is 0 Å². The molecule has 0 bridgehead atoms. The molecule has 2 atom stereocenters. The van der Waals surface area contributed by atoms with Gasteiger partial charge in [0, 0.05) is 50.3 Å². The standard InChI is InChI=1S/C29H48N6O4/c1-6-35(7-2)24(36)14-10-18-34-19-23(29(20-34)15-16-29)33-26(37)22(32-27(38)39-28(3,4)5)13-8-11-21-12-9-17-31-25(21)30/h9,12,17,22-23H,6-8,10-11,13-16,18-20H2,1-5H3,(H2,30,31)(H,32,38)(H,33,37)/t22-,23-/m0/s1. The van der Waals surface area contributed by atoms with Crippen molar-refractivity contribution >= 4 is 23.7 Å². The lowest BCUT2D eigenvalue weighted by molar-refractivity contribution is -0.131. The number of carbonyl (C=O) groups excluding carboxylic acids is 3. The minimum absolute atomic E-state index is 0.0281. The lowest BCUT2D eigenvalue weighted by Gasteiger charge is -2.26. The number of nitrogens with one attached hydrogen (secondary N) is 2. The number of amides is 3. The fourth-order valence-corrected chi connectivity index (χ4v) is 5.45. The van der Waals surface area contributed by atoms with Gasteiger partial charge in [0.25, 0.3) is 0 Å². The number of nitrogens with two attached hydrogens (primary N) is 1. The largest absolute Gasteiger partial charge is 0.444 e. The molecule has 10 heteroatoms. The summed E-state index contributed by atoms with van der Waals surface area (Å²) in [6.07, 6.45) is 6.35. The summed E-state index contributed by atoms with van der Waals surface area (Å²) in [6.45, 7) is 13.4. The van der Waals surface area contributed by atoms with Crippen molar-refractivity contribution in [2.45, 2.75) is 97.2 Å². The second kappa shape index (κ2) is 13.5. The highest BCUT2D eigenvalue weighted by Crippen LogP contribution is 2.52. The van der Waals surface area contributed by atoms with Gasteiger partial charge in [-0.1, -0.05) is 6.07 Å². The average molecular weight is 545 g/mol. The van der Waals surface area contributed by atoms with Crippen LogP contribution >= 0.6 is 0 Å². The fourth-order valence-electron chi connectivity index (χ4n) is 5.45. The van der Waals surface area contributed by atoms with Crippen molar-refractivity contribution in [2.24, 2.45) is 5.41 Å². The number of nitrogen functional groups attached to an aromatic ring is 1. The van der Waals surface area contributed by atoms with Crippen molar-refractivity contribution in [2.75, 3.05) is 38.5 Å². The summed E-state index contributed by atoms with van der Waals surface area (Å²) in [5.74, 6) is 0.503. The highest BCUT2D eigenvalue weighted by Gasteiger charge is 2.55. The van der Waals surface area contributed by atoms with Gasteiger partial charge in [-0.3, -0.25) is 9.59 Å². The fraction of sp³-hybridized carbons (Fsp3) is 0.724. The Balaban J connectivity index is 1.57. The number of hydrogen-bond acceptors (Lipinski definition) is 7. The van der Waals surface area contributed by atoms with Crippen LogP contribution in [0.5, 0.6) is 0 Å². The summed E-state index contributed by atoms with van der Waals surface area (Å²) >= 11 is 0. The molecule has 2 heterocycles. The highest BCUT2D eigenvalue weighted by molar-refractivity contribution is 5.86. The van der Waals surface area contributed by atoms with E-state index in [-0.39, 0.29) is 23.3 Å². The van der Waals surface area contributed by atoms with E-state index in [0.29, 0.717) is 31.5 Å². The monoisotopic (exact) mass is 544 g/mol. The van der Waals surface area contributed by atoms with Crippen LogP contribution in [-0.4, -0.2) is 83.1 Å². The summed E-state index contributed by atoms with van der Waals surface area (Å²) < 4.78 is 5.44. The number of likely N-dealkylation sites (tertiary alicyclic amines) is 1. The molecule has 1 aromatic rings. The second-order valence-electron chi connectivity index (χ2n) is 12.0. The van der Waals surface area contributed by atoms with Gasteiger partial charge in [0.15, 0.2) is 0 Å². The SMILES string of the molecule is CCN(CC)C(=O)CCCN1C[C@H](NC(=O)[C@H](CCCc2cccnc2N)NC(=O)OC(C)(C)C)C2(CC2)C1.